The average Bonchev–Trinajstić information content (AvgIpc) is 1.87. The molecule has 0 aromatic heterocycles. The van der Waals surface area contributed by atoms with Crippen molar-refractivity contribution in [2.24, 2.45) is 0 Å². The fraction of sp³-hybridized carbons (Fsp3) is 0.500. The van der Waals surface area contributed by atoms with E-state index in [-0.39, 0.29) is 5.91 Å². The van der Waals surface area contributed by atoms with Gasteiger partial charge >= 0.3 is 47.7 Å². The molecule has 0 aliphatic carbocycles. The van der Waals surface area contributed by atoms with Crippen LogP contribution in [0.2, 0.25) is 0 Å². The zero-order valence-electron chi connectivity index (χ0n) is 3.34. The molecule has 1 rings (SSSR count). The van der Waals surface area contributed by atoms with Crippen molar-refractivity contribution in [1.29, 1.82) is 0 Å². The van der Waals surface area contributed by atoms with Crippen LogP contribution in [0.3, 0.4) is 0 Å². The van der Waals surface area contributed by atoms with Crippen LogP contribution in [0.1, 0.15) is 0 Å². The van der Waals surface area contributed by atoms with E-state index >= 15 is 0 Å². The molecule has 5 heteroatoms. The van der Waals surface area contributed by atoms with E-state index in [4.69, 9.17) is 0 Å². The third-order valence-electron chi connectivity index (χ3n) is 0.494. The van der Waals surface area contributed by atoms with Crippen LogP contribution in [-0.4, -0.2) is 24.6 Å². The molecule has 1 amide bonds. The maximum absolute atomic E-state index is 10.3. The van der Waals surface area contributed by atoms with Gasteiger partial charge in [0.1, 0.15) is 0 Å². The third kappa shape index (κ3) is 1.26. The molecule has 1 aliphatic heterocycles. The summed E-state index contributed by atoms with van der Waals surface area (Å²) in [6, 6.07) is 0. The average molecular weight is 184 g/mol. The number of rotatable bonds is 0. The predicted molar refractivity (Wildman–Crippen MR) is 27.0 cm³/mol. The summed E-state index contributed by atoms with van der Waals surface area (Å²) >= 11 is -1.93. The molecular weight excluding hydrogens is 181 g/mol. The molecule has 0 aromatic carbocycles. The molecule has 1 aliphatic rings. The summed E-state index contributed by atoms with van der Waals surface area (Å²) in [5.74, 6) is 0.291. The first kappa shape index (κ1) is 5.28. The van der Waals surface area contributed by atoms with Gasteiger partial charge < -0.3 is 0 Å². The van der Waals surface area contributed by atoms with Crippen LogP contribution >= 0.6 is 10.2 Å². The SMILES string of the molecule is O=C1CS[Se](=O)N1. The topological polar surface area (TPSA) is 46.2 Å². The number of hydrogen-bond acceptors (Lipinski definition) is 3. The minimum atomic E-state index is -1.93. The van der Waals surface area contributed by atoms with Gasteiger partial charge in [-0.15, -0.1) is 0 Å². The van der Waals surface area contributed by atoms with Gasteiger partial charge in [0.2, 0.25) is 0 Å². The van der Waals surface area contributed by atoms with Gasteiger partial charge in [-0.3, -0.25) is 0 Å². The molecule has 1 N–H and O–H groups in total. The second-order valence-electron chi connectivity index (χ2n) is 1.02. The van der Waals surface area contributed by atoms with Crippen molar-refractivity contribution in [1.82, 2.24) is 4.33 Å². The molecule has 0 aromatic rings. The summed E-state index contributed by atoms with van der Waals surface area (Å²) in [6.07, 6.45) is 0. The molecule has 3 nitrogen and oxygen atoms in total. The molecule has 1 atom stereocenters. The molecule has 1 unspecified atom stereocenters. The fourth-order valence-electron chi connectivity index (χ4n) is 0.259. The molecule has 0 bridgehead atoms. The van der Waals surface area contributed by atoms with E-state index in [9.17, 15) is 8.63 Å². The first-order valence-electron chi connectivity index (χ1n) is 1.63. The molecule has 1 fully saturated rings. The van der Waals surface area contributed by atoms with Crippen LogP contribution in [0.25, 0.3) is 0 Å². The Hall–Kier alpha value is 0.139. The molecule has 1 saturated heterocycles. The Morgan fingerprint density at radius 1 is 1.86 bits per heavy atom. The van der Waals surface area contributed by atoms with Crippen LogP contribution in [0.5, 0.6) is 0 Å². The van der Waals surface area contributed by atoms with Crippen molar-refractivity contribution in [3.05, 3.63) is 0 Å². The van der Waals surface area contributed by atoms with Crippen LogP contribution < -0.4 is 4.33 Å². The standard InChI is InChI=1S/C2H3NO2SSe/c4-2-1-6-7(5)3-2/h1H2,(H,3,4). The van der Waals surface area contributed by atoms with Gasteiger partial charge in [-0.05, 0) is 0 Å². The number of carbonyl (C=O) groups excluding carboxylic acids is 1. The Morgan fingerprint density at radius 3 is 2.71 bits per heavy atom. The van der Waals surface area contributed by atoms with Crippen molar-refractivity contribution in [3.63, 3.8) is 0 Å². The Bertz CT molecular complexity index is 111. The van der Waals surface area contributed by atoms with Crippen LogP contribution in [0.15, 0.2) is 0 Å². The van der Waals surface area contributed by atoms with E-state index in [1.807, 2.05) is 0 Å². The monoisotopic (exact) mass is 185 g/mol. The van der Waals surface area contributed by atoms with Gasteiger partial charge in [-0.2, -0.15) is 0 Å². The number of amides is 1. The Balaban J connectivity index is 2.55. The number of nitrogens with one attached hydrogen (secondary N) is 1. The van der Waals surface area contributed by atoms with Crippen molar-refractivity contribution in [2.45, 2.75) is 0 Å². The van der Waals surface area contributed by atoms with Crippen molar-refractivity contribution in [2.75, 3.05) is 5.75 Å². The van der Waals surface area contributed by atoms with E-state index in [1.54, 1.807) is 0 Å². The summed E-state index contributed by atoms with van der Waals surface area (Å²) in [5, 5.41) is 0. The fourth-order valence-corrected chi connectivity index (χ4v) is 3.55. The Kier molecular flexibility index (Phi) is 1.46. The van der Waals surface area contributed by atoms with Crippen LogP contribution in [-0.2, 0) is 8.63 Å². The summed E-state index contributed by atoms with van der Waals surface area (Å²) in [6.45, 7) is 0. The van der Waals surface area contributed by atoms with Crippen molar-refractivity contribution in [3.8, 4) is 0 Å². The first-order chi connectivity index (χ1) is 3.29. The summed E-state index contributed by atoms with van der Waals surface area (Å²) < 4.78 is 12.6. The van der Waals surface area contributed by atoms with E-state index in [2.05, 4.69) is 4.33 Å². The number of hydrogen-bond donors (Lipinski definition) is 1. The Labute approximate surface area is 48.2 Å². The quantitative estimate of drug-likeness (QED) is 0.504. The zero-order valence-corrected chi connectivity index (χ0v) is 5.87. The molecule has 7 heavy (non-hydrogen) atoms. The second-order valence-corrected chi connectivity index (χ2v) is 6.02. The molecule has 40 valence electrons. The zero-order chi connectivity index (χ0) is 5.28. The number of carbonyl (C=O) groups is 1. The Morgan fingerprint density at radius 2 is 2.57 bits per heavy atom. The third-order valence-corrected chi connectivity index (χ3v) is 4.44. The van der Waals surface area contributed by atoms with E-state index < -0.39 is 12.9 Å². The molecule has 0 saturated carbocycles. The maximum atomic E-state index is 10.3. The van der Waals surface area contributed by atoms with Crippen molar-refractivity contribution < 1.29 is 8.63 Å². The van der Waals surface area contributed by atoms with Gasteiger partial charge in [0.25, 0.3) is 0 Å². The van der Waals surface area contributed by atoms with Gasteiger partial charge in [0, 0.05) is 0 Å². The van der Waals surface area contributed by atoms with Gasteiger partial charge in [-0.25, -0.2) is 0 Å². The van der Waals surface area contributed by atoms with Gasteiger partial charge in [-0.1, -0.05) is 0 Å². The first-order valence-corrected chi connectivity index (χ1v) is 6.20. The van der Waals surface area contributed by atoms with E-state index in [0.29, 0.717) is 5.75 Å². The molecule has 0 radical (unpaired) electrons. The minimum absolute atomic E-state index is 0.0926. The van der Waals surface area contributed by atoms with E-state index in [0.717, 1.165) is 0 Å². The van der Waals surface area contributed by atoms with Crippen molar-refractivity contribution >= 4 is 29.0 Å². The van der Waals surface area contributed by atoms with Crippen LogP contribution in [0, 0.1) is 0 Å². The summed E-state index contributed by atoms with van der Waals surface area (Å²) in [4.78, 5) is 10.2. The van der Waals surface area contributed by atoms with Crippen LogP contribution in [0.4, 0.5) is 0 Å². The normalized spacial score (nSPS) is 30.3. The van der Waals surface area contributed by atoms with Gasteiger partial charge in [0.05, 0.1) is 0 Å². The molecule has 1 heterocycles. The van der Waals surface area contributed by atoms with E-state index in [1.165, 1.54) is 10.2 Å². The predicted octanol–water partition coefficient (Wildman–Crippen LogP) is -0.735. The summed E-state index contributed by atoms with van der Waals surface area (Å²) in [7, 11) is 1.21. The molecule has 0 spiro atoms. The molecular formula is C2H3NO2SSe. The second kappa shape index (κ2) is 1.94. The van der Waals surface area contributed by atoms with Gasteiger partial charge in [0.15, 0.2) is 0 Å². The summed E-state index contributed by atoms with van der Waals surface area (Å²) in [5.41, 5.74) is 0.